The van der Waals surface area contributed by atoms with Gasteiger partial charge in [0.15, 0.2) is 0 Å². The van der Waals surface area contributed by atoms with E-state index in [1.165, 1.54) is 12.1 Å². The van der Waals surface area contributed by atoms with E-state index in [-0.39, 0.29) is 21.1 Å². The van der Waals surface area contributed by atoms with Crippen LogP contribution in [0, 0.1) is 27.7 Å². The van der Waals surface area contributed by atoms with Crippen molar-refractivity contribution in [3.05, 3.63) is 46.0 Å². The lowest BCUT2D eigenvalue weighted by molar-refractivity contribution is 0.137. The molecule has 25 heavy (non-hydrogen) atoms. The molecule has 1 N–H and O–H groups in total. The molecule has 1 heterocycles. The minimum absolute atomic E-state index is 0.0452. The topological polar surface area (TPSA) is 63.6 Å². The van der Waals surface area contributed by atoms with E-state index in [2.05, 4.69) is 0 Å². The van der Waals surface area contributed by atoms with E-state index in [0.29, 0.717) is 17.5 Å². The average Bonchev–Trinajstić information content (AvgIpc) is 2.83. The SMILES string of the molecule is Cc1ccc(O)c(S(=O)(=O)c2c(C)c(C)c3c(c2C)CC(C)(C)O3)c1. The highest BCUT2D eigenvalue weighted by molar-refractivity contribution is 7.91. The van der Waals surface area contributed by atoms with Crippen molar-refractivity contribution in [2.75, 3.05) is 0 Å². The van der Waals surface area contributed by atoms with Gasteiger partial charge >= 0.3 is 0 Å². The fourth-order valence-electron chi connectivity index (χ4n) is 3.59. The number of ether oxygens (including phenoxy) is 1. The number of hydrogen-bond acceptors (Lipinski definition) is 4. The molecule has 4 nitrogen and oxygen atoms in total. The zero-order chi connectivity index (χ0) is 18.7. The minimum atomic E-state index is -3.84. The van der Waals surface area contributed by atoms with Gasteiger partial charge in [-0.3, -0.25) is 0 Å². The number of sulfone groups is 1. The normalized spacial score (nSPS) is 15.8. The van der Waals surface area contributed by atoms with Gasteiger partial charge in [-0.15, -0.1) is 0 Å². The lowest BCUT2D eigenvalue weighted by atomic mass is 9.94. The van der Waals surface area contributed by atoms with Crippen LogP contribution in [0.15, 0.2) is 28.0 Å². The maximum Gasteiger partial charge on any atom is 0.210 e. The number of rotatable bonds is 2. The van der Waals surface area contributed by atoms with Gasteiger partial charge in [0.05, 0.1) is 4.90 Å². The zero-order valence-corrected chi connectivity index (χ0v) is 16.3. The van der Waals surface area contributed by atoms with Gasteiger partial charge in [0.25, 0.3) is 0 Å². The molecule has 5 heteroatoms. The number of benzene rings is 2. The summed E-state index contributed by atoms with van der Waals surface area (Å²) in [4.78, 5) is 0.238. The molecule has 0 amide bonds. The van der Waals surface area contributed by atoms with Crippen LogP contribution in [-0.2, 0) is 16.3 Å². The van der Waals surface area contributed by atoms with Crippen molar-refractivity contribution in [2.24, 2.45) is 0 Å². The predicted octanol–water partition coefficient (Wildman–Crippen LogP) is 4.17. The lowest BCUT2D eigenvalue weighted by Crippen LogP contribution is -2.24. The van der Waals surface area contributed by atoms with Crippen molar-refractivity contribution in [2.45, 2.75) is 63.4 Å². The molecule has 0 spiro atoms. The molecule has 0 aliphatic carbocycles. The summed E-state index contributed by atoms with van der Waals surface area (Å²) in [6.07, 6.45) is 0.664. The third-order valence-corrected chi connectivity index (χ3v) is 7.02. The van der Waals surface area contributed by atoms with E-state index in [1.54, 1.807) is 13.0 Å². The van der Waals surface area contributed by atoms with Crippen LogP contribution in [0.4, 0.5) is 0 Å². The number of phenols is 1. The molecule has 2 aromatic carbocycles. The van der Waals surface area contributed by atoms with Crippen LogP contribution in [0.1, 0.15) is 41.7 Å². The molecule has 1 aliphatic heterocycles. The summed E-state index contributed by atoms with van der Waals surface area (Å²) in [5.74, 6) is 0.576. The van der Waals surface area contributed by atoms with Crippen molar-refractivity contribution in [3.63, 3.8) is 0 Å². The highest BCUT2D eigenvalue weighted by Crippen LogP contribution is 2.45. The van der Waals surface area contributed by atoms with Crippen LogP contribution in [0.5, 0.6) is 11.5 Å². The standard InChI is InChI=1S/C20H24O4S/c1-11-7-8-16(21)17(9-11)25(22,23)19-13(3)12(2)18-15(14(19)4)10-20(5,6)24-18/h7-9,21H,10H2,1-6H3. The number of aromatic hydroxyl groups is 1. The molecule has 3 rings (SSSR count). The van der Waals surface area contributed by atoms with E-state index >= 15 is 0 Å². The molecular weight excluding hydrogens is 336 g/mol. The fourth-order valence-corrected chi connectivity index (χ4v) is 5.58. The monoisotopic (exact) mass is 360 g/mol. The molecule has 0 saturated carbocycles. The van der Waals surface area contributed by atoms with E-state index in [9.17, 15) is 13.5 Å². The predicted molar refractivity (Wildman–Crippen MR) is 97.4 cm³/mol. The second-order valence-corrected chi connectivity index (χ2v) is 9.38. The molecule has 1 aliphatic rings. The lowest BCUT2D eigenvalue weighted by Gasteiger charge is -2.19. The Morgan fingerprint density at radius 1 is 1.04 bits per heavy atom. The maximum atomic E-state index is 13.4. The van der Waals surface area contributed by atoms with Gasteiger partial charge < -0.3 is 9.84 Å². The Morgan fingerprint density at radius 3 is 2.32 bits per heavy atom. The first-order valence-corrected chi connectivity index (χ1v) is 9.80. The van der Waals surface area contributed by atoms with Crippen LogP contribution >= 0.6 is 0 Å². The molecule has 2 aromatic rings. The van der Waals surface area contributed by atoms with Crippen molar-refractivity contribution in [3.8, 4) is 11.5 Å². The molecular formula is C20H24O4S. The first-order chi connectivity index (χ1) is 11.5. The second kappa shape index (κ2) is 5.49. The minimum Gasteiger partial charge on any atom is -0.507 e. The van der Waals surface area contributed by atoms with Crippen molar-refractivity contribution in [1.29, 1.82) is 0 Å². The summed E-state index contributed by atoms with van der Waals surface area (Å²) in [6.45, 7) is 11.3. The van der Waals surface area contributed by atoms with Crippen LogP contribution < -0.4 is 4.74 Å². The van der Waals surface area contributed by atoms with Gasteiger partial charge in [-0.05, 0) is 75.9 Å². The Kier molecular flexibility index (Phi) is 3.91. The molecule has 0 aromatic heterocycles. The van der Waals surface area contributed by atoms with Crippen LogP contribution in [0.3, 0.4) is 0 Å². The van der Waals surface area contributed by atoms with E-state index in [0.717, 1.165) is 22.4 Å². The Bertz CT molecular complexity index is 985. The van der Waals surface area contributed by atoms with E-state index in [1.807, 2.05) is 34.6 Å². The second-order valence-electron chi connectivity index (χ2n) is 7.52. The largest absolute Gasteiger partial charge is 0.507 e. The summed E-state index contributed by atoms with van der Waals surface area (Å²) < 4.78 is 32.8. The molecule has 0 bridgehead atoms. The molecule has 0 radical (unpaired) electrons. The van der Waals surface area contributed by atoms with Gasteiger partial charge in [0, 0.05) is 12.0 Å². The molecule has 0 saturated heterocycles. The highest BCUT2D eigenvalue weighted by atomic mass is 32.2. The third-order valence-electron chi connectivity index (χ3n) is 4.97. The maximum absolute atomic E-state index is 13.4. The Morgan fingerprint density at radius 2 is 1.68 bits per heavy atom. The Hall–Kier alpha value is -2.01. The smallest absolute Gasteiger partial charge is 0.210 e. The van der Waals surface area contributed by atoms with Gasteiger partial charge in [0.2, 0.25) is 9.84 Å². The molecule has 0 atom stereocenters. The third kappa shape index (κ3) is 2.71. The summed E-state index contributed by atoms with van der Waals surface area (Å²) in [7, 11) is -3.84. The zero-order valence-electron chi connectivity index (χ0n) is 15.5. The molecule has 0 unspecified atom stereocenters. The summed E-state index contributed by atoms with van der Waals surface area (Å²) in [6, 6.07) is 4.64. The van der Waals surface area contributed by atoms with E-state index in [4.69, 9.17) is 4.74 Å². The first-order valence-electron chi connectivity index (χ1n) is 8.32. The number of aryl methyl sites for hydroxylation is 1. The number of fused-ring (bicyclic) bond motifs is 1. The summed E-state index contributed by atoms with van der Waals surface area (Å²) >= 11 is 0. The summed E-state index contributed by atoms with van der Waals surface area (Å²) in [5.41, 5.74) is 3.61. The van der Waals surface area contributed by atoms with Gasteiger partial charge in [-0.1, -0.05) is 6.07 Å². The van der Waals surface area contributed by atoms with Crippen LogP contribution in [0.2, 0.25) is 0 Å². The van der Waals surface area contributed by atoms with Crippen molar-refractivity contribution < 1.29 is 18.3 Å². The molecule has 134 valence electrons. The van der Waals surface area contributed by atoms with Crippen LogP contribution in [0.25, 0.3) is 0 Å². The first kappa shape index (κ1) is 17.8. The van der Waals surface area contributed by atoms with Gasteiger partial charge in [-0.25, -0.2) is 8.42 Å². The Balaban J connectivity index is 2.33. The highest BCUT2D eigenvalue weighted by Gasteiger charge is 2.37. The van der Waals surface area contributed by atoms with E-state index < -0.39 is 9.84 Å². The van der Waals surface area contributed by atoms with Gasteiger partial charge in [-0.2, -0.15) is 0 Å². The quantitative estimate of drug-likeness (QED) is 0.873. The van der Waals surface area contributed by atoms with Crippen LogP contribution in [-0.4, -0.2) is 19.1 Å². The Labute approximate surface area is 149 Å². The van der Waals surface area contributed by atoms with Crippen molar-refractivity contribution in [1.82, 2.24) is 0 Å². The molecule has 0 fully saturated rings. The van der Waals surface area contributed by atoms with Crippen molar-refractivity contribution >= 4 is 9.84 Å². The average molecular weight is 360 g/mol. The summed E-state index contributed by atoms with van der Waals surface area (Å²) in [5, 5.41) is 10.2. The fraction of sp³-hybridized carbons (Fsp3) is 0.400. The number of phenolic OH excluding ortho intramolecular Hbond substituents is 1. The van der Waals surface area contributed by atoms with Gasteiger partial charge in [0.1, 0.15) is 22.0 Å². The number of hydrogen-bond donors (Lipinski definition) is 1.